The molecule has 2 N–H and O–H groups in total. The SMILES string of the molecule is O=C(O)C[C@H](NC(=O)CCc1ccccc1F)c1ccccc1. The number of carboxylic acids is 1. The number of amides is 1. The molecule has 0 heterocycles. The summed E-state index contributed by atoms with van der Waals surface area (Å²) in [6.45, 7) is 0. The standard InChI is InChI=1S/C18H18FNO3/c19-15-9-5-4-6-13(15)10-11-17(21)20-16(12-18(22)23)14-7-2-1-3-8-14/h1-9,16H,10-12H2,(H,20,21)(H,22,23)/t16-/m0/s1. The predicted octanol–water partition coefficient (Wildman–Crippen LogP) is 3.09. The van der Waals surface area contributed by atoms with Crippen LogP contribution in [0.3, 0.4) is 0 Å². The van der Waals surface area contributed by atoms with Crippen LogP contribution in [-0.4, -0.2) is 17.0 Å². The van der Waals surface area contributed by atoms with E-state index in [0.29, 0.717) is 5.56 Å². The zero-order valence-electron chi connectivity index (χ0n) is 12.5. The minimum absolute atomic E-state index is 0.101. The highest BCUT2D eigenvalue weighted by Crippen LogP contribution is 2.17. The topological polar surface area (TPSA) is 66.4 Å². The van der Waals surface area contributed by atoms with Gasteiger partial charge in [0.05, 0.1) is 12.5 Å². The summed E-state index contributed by atoms with van der Waals surface area (Å²) in [5, 5.41) is 11.7. The van der Waals surface area contributed by atoms with Crippen LogP contribution in [0.15, 0.2) is 54.6 Å². The molecule has 0 saturated carbocycles. The molecule has 2 aromatic carbocycles. The Morgan fingerprint density at radius 3 is 2.35 bits per heavy atom. The maximum Gasteiger partial charge on any atom is 0.305 e. The quantitative estimate of drug-likeness (QED) is 0.825. The molecule has 1 atom stereocenters. The summed E-state index contributed by atoms with van der Waals surface area (Å²) < 4.78 is 13.5. The predicted molar refractivity (Wildman–Crippen MR) is 84.3 cm³/mol. The summed E-state index contributed by atoms with van der Waals surface area (Å²) in [6, 6.07) is 14.6. The van der Waals surface area contributed by atoms with E-state index < -0.39 is 12.0 Å². The first-order chi connectivity index (χ1) is 11.1. The van der Waals surface area contributed by atoms with Crippen molar-refractivity contribution in [2.45, 2.75) is 25.3 Å². The van der Waals surface area contributed by atoms with Gasteiger partial charge < -0.3 is 10.4 Å². The molecule has 0 fully saturated rings. The first-order valence-corrected chi connectivity index (χ1v) is 7.36. The molecule has 0 saturated heterocycles. The number of nitrogens with one attached hydrogen (secondary N) is 1. The van der Waals surface area contributed by atoms with E-state index in [1.165, 1.54) is 6.07 Å². The molecule has 0 unspecified atom stereocenters. The average Bonchev–Trinajstić information content (AvgIpc) is 2.54. The Labute approximate surface area is 134 Å². The molecule has 5 heteroatoms. The second-order valence-electron chi connectivity index (χ2n) is 5.22. The molecule has 0 aliphatic rings. The Morgan fingerprint density at radius 2 is 1.70 bits per heavy atom. The third kappa shape index (κ3) is 5.21. The van der Waals surface area contributed by atoms with E-state index in [0.717, 1.165) is 5.56 Å². The number of carboxylic acid groups (broad SMARTS) is 1. The third-order valence-corrected chi connectivity index (χ3v) is 3.50. The van der Waals surface area contributed by atoms with Crippen LogP contribution in [-0.2, 0) is 16.0 Å². The van der Waals surface area contributed by atoms with Crippen molar-refractivity contribution in [2.24, 2.45) is 0 Å². The molecule has 2 rings (SSSR count). The normalized spacial score (nSPS) is 11.7. The van der Waals surface area contributed by atoms with Crippen molar-refractivity contribution in [1.82, 2.24) is 5.32 Å². The molecule has 2 aromatic rings. The van der Waals surface area contributed by atoms with Crippen LogP contribution in [0.25, 0.3) is 0 Å². The van der Waals surface area contributed by atoms with Crippen LogP contribution in [0, 0.1) is 5.82 Å². The van der Waals surface area contributed by atoms with Gasteiger partial charge in [-0.25, -0.2) is 4.39 Å². The van der Waals surface area contributed by atoms with Gasteiger partial charge in [-0.15, -0.1) is 0 Å². The summed E-state index contributed by atoms with van der Waals surface area (Å²) in [6.07, 6.45) is 0.173. The fourth-order valence-corrected chi connectivity index (χ4v) is 2.33. The van der Waals surface area contributed by atoms with E-state index in [1.54, 1.807) is 42.5 Å². The lowest BCUT2D eigenvalue weighted by molar-refractivity contribution is -0.137. The fourth-order valence-electron chi connectivity index (χ4n) is 2.33. The molecule has 0 aromatic heterocycles. The number of aryl methyl sites for hydroxylation is 1. The minimum atomic E-state index is -0.992. The molecule has 23 heavy (non-hydrogen) atoms. The summed E-state index contributed by atoms with van der Waals surface area (Å²) in [4.78, 5) is 23.1. The fraction of sp³-hybridized carbons (Fsp3) is 0.222. The molecular formula is C18H18FNO3. The monoisotopic (exact) mass is 315 g/mol. The maximum atomic E-state index is 13.5. The molecule has 0 spiro atoms. The summed E-state index contributed by atoms with van der Waals surface area (Å²) in [7, 11) is 0. The number of hydrogen-bond acceptors (Lipinski definition) is 2. The minimum Gasteiger partial charge on any atom is -0.481 e. The summed E-state index contributed by atoms with van der Waals surface area (Å²) in [5.74, 6) is -1.64. The van der Waals surface area contributed by atoms with Crippen molar-refractivity contribution in [3.63, 3.8) is 0 Å². The summed E-state index contributed by atoms with van der Waals surface area (Å²) >= 11 is 0. The first-order valence-electron chi connectivity index (χ1n) is 7.36. The van der Waals surface area contributed by atoms with Gasteiger partial charge in [0.25, 0.3) is 0 Å². The van der Waals surface area contributed by atoms with Gasteiger partial charge in [0.1, 0.15) is 5.82 Å². The van der Waals surface area contributed by atoms with E-state index in [-0.39, 0.29) is 31.0 Å². The highest BCUT2D eigenvalue weighted by Gasteiger charge is 2.18. The zero-order valence-corrected chi connectivity index (χ0v) is 12.5. The van der Waals surface area contributed by atoms with Crippen LogP contribution in [0.4, 0.5) is 4.39 Å². The van der Waals surface area contributed by atoms with Crippen molar-refractivity contribution >= 4 is 11.9 Å². The largest absolute Gasteiger partial charge is 0.481 e. The molecule has 120 valence electrons. The number of carbonyl (C=O) groups is 2. The number of aliphatic carboxylic acids is 1. The smallest absolute Gasteiger partial charge is 0.305 e. The maximum absolute atomic E-state index is 13.5. The van der Waals surface area contributed by atoms with Gasteiger partial charge in [0, 0.05) is 6.42 Å². The third-order valence-electron chi connectivity index (χ3n) is 3.50. The molecule has 4 nitrogen and oxygen atoms in total. The van der Waals surface area contributed by atoms with Crippen molar-refractivity contribution in [3.05, 3.63) is 71.5 Å². The number of benzene rings is 2. The van der Waals surface area contributed by atoms with Gasteiger partial charge in [0.15, 0.2) is 0 Å². The van der Waals surface area contributed by atoms with Gasteiger partial charge in [0.2, 0.25) is 5.91 Å². The van der Waals surface area contributed by atoms with E-state index >= 15 is 0 Å². The van der Waals surface area contributed by atoms with Crippen LogP contribution in [0.2, 0.25) is 0 Å². The molecule has 1 amide bonds. The van der Waals surface area contributed by atoms with Crippen LogP contribution in [0.1, 0.15) is 30.0 Å². The van der Waals surface area contributed by atoms with Crippen molar-refractivity contribution in [2.75, 3.05) is 0 Å². The highest BCUT2D eigenvalue weighted by molar-refractivity contribution is 5.78. The van der Waals surface area contributed by atoms with Crippen molar-refractivity contribution < 1.29 is 19.1 Å². The van der Waals surface area contributed by atoms with Crippen molar-refractivity contribution in [1.29, 1.82) is 0 Å². The lowest BCUT2D eigenvalue weighted by atomic mass is 10.0. The Hall–Kier alpha value is -2.69. The Kier molecular flexibility index (Phi) is 5.86. The number of halogens is 1. The molecular weight excluding hydrogens is 297 g/mol. The Bertz CT molecular complexity index is 673. The number of rotatable bonds is 7. The van der Waals surface area contributed by atoms with Crippen molar-refractivity contribution in [3.8, 4) is 0 Å². The average molecular weight is 315 g/mol. The van der Waals surface area contributed by atoms with Gasteiger partial charge in [-0.3, -0.25) is 9.59 Å². The van der Waals surface area contributed by atoms with E-state index in [1.807, 2.05) is 6.07 Å². The van der Waals surface area contributed by atoms with Gasteiger partial charge >= 0.3 is 5.97 Å². The zero-order chi connectivity index (χ0) is 16.7. The second kappa shape index (κ2) is 8.08. The van der Waals surface area contributed by atoms with Gasteiger partial charge in [-0.1, -0.05) is 48.5 Å². The Morgan fingerprint density at radius 1 is 1.04 bits per heavy atom. The van der Waals surface area contributed by atoms with E-state index in [9.17, 15) is 14.0 Å². The second-order valence-corrected chi connectivity index (χ2v) is 5.22. The number of hydrogen-bond donors (Lipinski definition) is 2. The van der Waals surface area contributed by atoms with Gasteiger partial charge in [-0.2, -0.15) is 0 Å². The van der Waals surface area contributed by atoms with E-state index in [4.69, 9.17) is 5.11 Å². The van der Waals surface area contributed by atoms with Crippen LogP contribution in [0.5, 0.6) is 0 Å². The number of carbonyl (C=O) groups excluding carboxylic acids is 1. The molecule has 0 bridgehead atoms. The van der Waals surface area contributed by atoms with Gasteiger partial charge in [-0.05, 0) is 23.6 Å². The molecule has 0 aliphatic carbocycles. The molecule has 0 radical (unpaired) electrons. The Balaban J connectivity index is 1.98. The van der Waals surface area contributed by atoms with E-state index in [2.05, 4.69) is 5.32 Å². The lowest BCUT2D eigenvalue weighted by Crippen LogP contribution is -2.30. The van der Waals surface area contributed by atoms with Crippen LogP contribution >= 0.6 is 0 Å². The summed E-state index contributed by atoms with van der Waals surface area (Å²) in [5.41, 5.74) is 1.20. The highest BCUT2D eigenvalue weighted by atomic mass is 19.1. The molecule has 0 aliphatic heterocycles. The van der Waals surface area contributed by atoms with Crippen LogP contribution < -0.4 is 5.32 Å². The first kappa shape index (κ1) is 16.7. The lowest BCUT2D eigenvalue weighted by Gasteiger charge is -2.17.